The number of carbonyl (C=O) groups excluding carboxylic acids is 2. The molecule has 0 bridgehead atoms. The van der Waals surface area contributed by atoms with Gasteiger partial charge in [0.15, 0.2) is 24.7 Å². The number of hydrogen-bond acceptors (Lipinski definition) is 8. The first-order valence-corrected chi connectivity index (χ1v) is 12.3. The van der Waals surface area contributed by atoms with Gasteiger partial charge in [-0.05, 0) is 48.5 Å². The molecule has 3 aromatic carbocycles. The van der Waals surface area contributed by atoms with Crippen molar-refractivity contribution >= 4 is 46.6 Å². The normalized spacial score (nSPS) is 10.3. The predicted molar refractivity (Wildman–Crippen MR) is 149 cm³/mol. The number of aliphatic carboxylic acids is 1. The zero-order chi connectivity index (χ0) is 29.1. The maximum atomic E-state index is 13.1. The van der Waals surface area contributed by atoms with Gasteiger partial charge >= 0.3 is 5.97 Å². The van der Waals surface area contributed by atoms with Gasteiger partial charge in [-0.3, -0.25) is 15.0 Å². The quantitative estimate of drug-likeness (QED) is 0.113. The molecule has 0 saturated carbocycles. The summed E-state index contributed by atoms with van der Waals surface area (Å²) in [6.07, 6.45) is 0. The lowest BCUT2D eigenvalue weighted by molar-refractivity contribution is -0.139. The fourth-order valence-corrected chi connectivity index (χ4v) is 3.65. The molecule has 210 valence electrons. The molecule has 0 saturated heterocycles. The Bertz CT molecular complexity index is 1380. The van der Waals surface area contributed by atoms with Gasteiger partial charge in [0.1, 0.15) is 5.84 Å². The number of rotatable bonds is 14. The van der Waals surface area contributed by atoms with Gasteiger partial charge in [-0.25, -0.2) is 4.79 Å². The van der Waals surface area contributed by atoms with Crippen LogP contribution in [-0.4, -0.2) is 60.2 Å². The molecule has 0 unspecified atom stereocenters. The van der Waals surface area contributed by atoms with Crippen LogP contribution in [0, 0.1) is 5.41 Å². The van der Waals surface area contributed by atoms with Gasteiger partial charge in [0.25, 0.3) is 11.8 Å². The average Bonchev–Trinajstić information content (AvgIpc) is 2.93. The Morgan fingerprint density at radius 1 is 1.00 bits per heavy atom. The van der Waals surface area contributed by atoms with Crippen molar-refractivity contribution in [2.75, 3.05) is 37.0 Å². The number of nitrogens with two attached hydrogens (primary N) is 1. The summed E-state index contributed by atoms with van der Waals surface area (Å²) in [4.78, 5) is 36.2. The van der Waals surface area contributed by atoms with Crippen molar-refractivity contribution < 1.29 is 34.1 Å². The van der Waals surface area contributed by atoms with Crippen molar-refractivity contribution in [2.45, 2.75) is 6.54 Å². The molecule has 40 heavy (non-hydrogen) atoms. The van der Waals surface area contributed by atoms with Crippen molar-refractivity contribution in [3.63, 3.8) is 0 Å². The fourth-order valence-electron chi connectivity index (χ4n) is 3.48. The first-order chi connectivity index (χ1) is 19.2. The minimum absolute atomic E-state index is 0.0647. The molecule has 0 aliphatic carbocycles. The number of aliphatic hydroxyl groups is 1. The van der Waals surface area contributed by atoms with Crippen LogP contribution < -0.4 is 31.2 Å². The average molecular weight is 570 g/mol. The van der Waals surface area contributed by atoms with Gasteiger partial charge < -0.3 is 41.4 Å². The van der Waals surface area contributed by atoms with Crippen LogP contribution in [0.1, 0.15) is 21.5 Å². The van der Waals surface area contributed by atoms with Gasteiger partial charge in [-0.2, -0.15) is 0 Å². The largest absolute Gasteiger partial charge is 0.480 e. The van der Waals surface area contributed by atoms with E-state index in [4.69, 9.17) is 42.4 Å². The minimum atomic E-state index is -1.21. The van der Waals surface area contributed by atoms with Crippen molar-refractivity contribution in [1.82, 2.24) is 5.32 Å². The Morgan fingerprint density at radius 2 is 1.75 bits per heavy atom. The summed E-state index contributed by atoms with van der Waals surface area (Å²) in [5.41, 5.74) is 7.64. The van der Waals surface area contributed by atoms with Crippen LogP contribution in [-0.2, 0) is 16.1 Å². The SMILES string of the molecule is N=C(N)c1ccc(NC(=O)c2cc(Cl)ccc2NCc2cccc(OCC(=O)NCCO)c2OCC(=O)O)cc1. The third-order valence-corrected chi connectivity index (χ3v) is 5.58. The van der Waals surface area contributed by atoms with E-state index in [2.05, 4.69) is 16.0 Å². The molecule has 0 aliphatic rings. The highest BCUT2D eigenvalue weighted by atomic mass is 35.5. The molecule has 0 atom stereocenters. The number of anilines is 2. The van der Waals surface area contributed by atoms with Crippen molar-refractivity contribution in [3.05, 3.63) is 82.4 Å². The fraction of sp³-hybridized carbons (Fsp3) is 0.185. The summed E-state index contributed by atoms with van der Waals surface area (Å²) in [7, 11) is 0. The predicted octanol–water partition coefficient (Wildman–Crippen LogP) is 2.44. The number of benzene rings is 3. The third-order valence-electron chi connectivity index (χ3n) is 5.34. The Morgan fingerprint density at radius 3 is 2.42 bits per heavy atom. The van der Waals surface area contributed by atoms with Crippen LogP contribution in [0.2, 0.25) is 5.02 Å². The van der Waals surface area contributed by atoms with Gasteiger partial charge in [0.05, 0.1) is 12.2 Å². The number of nitrogens with one attached hydrogen (secondary N) is 4. The lowest BCUT2D eigenvalue weighted by atomic mass is 10.1. The summed E-state index contributed by atoms with van der Waals surface area (Å²) in [6, 6.07) is 16.0. The standard InChI is InChI=1S/C27H28ClN5O7/c28-18-6-9-21(20(12-18)27(38)33-19-7-4-16(5-8-19)26(29)30)32-13-17-2-1-3-22(25(17)40-15-24(36)37)39-14-23(35)31-10-11-34/h1-9,12,32,34H,10-11,13-15H2,(H3,29,30)(H,31,35)(H,33,38)(H,36,37). The second-order valence-corrected chi connectivity index (χ2v) is 8.71. The topological polar surface area (TPSA) is 196 Å². The summed E-state index contributed by atoms with van der Waals surface area (Å²) in [5.74, 6) is -1.98. The van der Waals surface area contributed by atoms with E-state index in [1.165, 1.54) is 12.1 Å². The van der Waals surface area contributed by atoms with E-state index < -0.39 is 24.4 Å². The summed E-state index contributed by atoms with van der Waals surface area (Å²) < 4.78 is 11.0. The van der Waals surface area contributed by atoms with Gasteiger partial charge in [0.2, 0.25) is 0 Å². The van der Waals surface area contributed by atoms with E-state index >= 15 is 0 Å². The van der Waals surface area contributed by atoms with Crippen LogP contribution in [0.5, 0.6) is 11.5 Å². The second kappa shape index (κ2) is 14.4. The van der Waals surface area contributed by atoms with Crippen molar-refractivity contribution in [1.29, 1.82) is 5.41 Å². The molecule has 13 heteroatoms. The maximum absolute atomic E-state index is 13.1. The molecule has 3 rings (SSSR count). The lowest BCUT2D eigenvalue weighted by Crippen LogP contribution is -2.31. The second-order valence-electron chi connectivity index (χ2n) is 8.28. The van der Waals surface area contributed by atoms with Crippen LogP contribution in [0.25, 0.3) is 0 Å². The molecular formula is C27H28ClN5O7. The molecule has 0 heterocycles. The Balaban J connectivity index is 1.80. The molecule has 0 aliphatic heterocycles. The number of aliphatic hydroxyl groups excluding tert-OH is 1. The molecule has 0 radical (unpaired) electrons. The molecule has 2 amide bonds. The Hall–Kier alpha value is -4.81. The van der Waals surface area contributed by atoms with Gasteiger partial charge in [-0.1, -0.05) is 23.7 Å². The number of amidine groups is 1. The molecule has 0 spiro atoms. The van der Waals surface area contributed by atoms with E-state index in [1.54, 1.807) is 48.5 Å². The molecule has 0 aromatic heterocycles. The minimum Gasteiger partial charge on any atom is -0.480 e. The number of para-hydroxylation sites is 1. The lowest BCUT2D eigenvalue weighted by Gasteiger charge is -2.17. The number of amides is 2. The number of carboxylic acid groups (broad SMARTS) is 1. The molecule has 12 nitrogen and oxygen atoms in total. The van der Waals surface area contributed by atoms with E-state index in [0.29, 0.717) is 27.5 Å². The summed E-state index contributed by atoms with van der Waals surface area (Å²) >= 11 is 6.16. The van der Waals surface area contributed by atoms with Crippen molar-refractivity contribution in [2.24, 2.45) is 5.73 Å². The number of carbonyl (C=O) groups is 3. The molecule has 0 fully saturated rings. The highest BCUT2D eigenvalue weighted by Gasteiger charge is 2.17. The number of hydrogen-bond donors (Lipinski definition) is 7. The van der Waals surface area contributed by atoms with Crippen LogP contribution in [0.4, 0.5) is 11.4 Å². The smallest absolute Gasteiger partial charge is 0.341 e. The van der Waals surface area contributed by atoms with Crippen LogP contribution >= 0.6 is 11.6 Å². The maximum Gasteiger partial charge on any atom is 0.341 e. The molecule has 8 N–H and O–H groups in total. The summed E-state index contributed by atoms with van der Waals surface area (Å²) in [5, 5.41) is 34.2. The van der Waals surface area contributed by atoms with E-state index in [9.17, 15) is 14.4 Å². The zero-order valence-corrected chi connectivity index (χ0v) is 22.0. The molecule has 3 aromatic rings. The number of ether oxygens (including phenoxy) is 2. The number of carboxylic acids is 1. The van der Waals surface area contributed by atoms with Gasteiger partial charge in [-0.15, -0.1) is 0 Å². The highest BCUT2D eigenvalue weighted by molar-refractivity contribution is 6.31. The Kier molecular flexibility index (Phi) is 10.7. The van der Waals surface area contributed by atoms with Gasteiger partial charge in [0, 0.05) is 40.6 Å². The first kappa shape index (κ1) is 29.7. The highest BCUT2D eigenvalue weighted by Crippen LogP contribution is 2.33. The van der Waals surface area contributed by atoms with Crippen LogP contribution in [0.3, 0.4) is 0 Å². The summed E-state index contributed by atoms with van der Waals surface area (Å²) in [6.45, 7) is -1.10. The molecular weight excluding hydrogens is 542 g/mol. The zero-order valence-electron chi connectivity index (χ0n) is 21.2. The van der Waals surface area contributed by atoms with E-state index in [0.717, 1.165) is 0 Å². The number of nitrogen functional groups attached to an aromatic ring is 1. The van der Waals surface area contributed by atoms with Crippen LogP contribution in [0.15, 0.2) is 60.7 Å². The monoisotopic (exact) mass is 569 g/mol. The van der Waals surface area contributed by atoms with E-state index in [-0.39, 0.29) is 49.2 Å². The first-order valence-electron chi connectivity index (χ1n) is 11.9. The van der Waals surface area contributed by atoms with E-state index in [1.807, 2.05) is 0 Å². The number of halogens is 1. The Labute approximate surface area is 234 Å². The van der Waals surface area contributed by atoms with Crippen molar-refractivity contribution in [3.8, 4) is 11.5 Å². The third kappa shape index (κ3) is 8.61.